The monoisotopic (exact) mass is 361 g/mol. The summed E-state index contributed by atoms with van der Waals surface area (Å²) in [5.74, 6) is 0.596. The first kappa shape index (κ1) is 14.1. The first-order chi connectivity index (χ1) is 8.74. The predicted octanol–water partition coefficient (Wildman–Crippen LogP) is 4.02. The number of rotatable bonds is 6. The fraction of sp³-hybridized carbons (Fsp3) is 0.250. The summed E-state index contributed by atoms with van der Waals surface area (Å²) < 4.78 is 2.32. The van der Waals surface area contributed by atoms with Crippen molar-refractivity contribution < 1.29 is 4.79 Å². The molecule has 0 aliphatic carbocycles. The van der Waals surface area contributed by atoms with Crippen molar-refractivity contribution in [2.75, 3.05) is 12.3 Å². The van der Waals surface area contributed by atoms with Gasteiger partial charge in [0.25, 0.3) is 0 Å². The van der Waals surface area contributed by atoms with Crippen molar-refractivity contribution in [1.29, 1.82) is 0 Å². The molecule has 0 atom stereocenters. The van der Waals surface area contributed by atoms with Crippen molar-refractivity contribution in [3.05, 3.63) is 38.3 Å². The minimum atomic E-state index is 0.101. The fourth-order valence-corrected chi connectivity index (χ4v) is 4.44. The van der Waals surface area contributed by atoms with Crippen molar-refractivity contribution in [3.8, 4) is 0 Å². The number of nitrogens with one attached hydrogen (secondary N) is 1. The summed E-state index contributed by atoms with van der Waals surface area (Å²) in [4.78, 5) is 12.9. The van der Waals surface area contributed by atoms with E-state index in [-0.39, 0.29) is 5.91 Å². The number of carbonyl (C=O) groups excluding carboxylic acids is 1. The van der Waals surface area contributed by atoms with Gasteiger partial charge in [-0.05, 0) is 45.9 Å². The standard InChI is InChI=1S/C12H12BrNOS3/c13-10-4-3-9(18-10)5-6-14-11(15)8-17-12-2-1-7-16-12/h1-4,7H,5-6,8H2,(H,14,15). The van der Waals surface area contributed by atoms with E-state index in [0.717, 1.165) is 10.2 Å². The number of carbonyl (C=O) groups is 1. The zero-order valence-corrected chi connectivity index (χ0v) is 13.6. The minimum Gasteiger partial charge on any atom is -0.355 e. The molecule has 0 aliphatic heterocycles. The van der Waals surface area contributed by atoms with Crippen molar-refractivity contribution in [2.45, 2.75) is 10.6 Å². The van der Waals surface area contributed by atoms with E-state index < -0.39 is 0 Å². The Labute approximate surface area is 127 Å². The van der Waals surface area contributed by atoms with Gasteiger partial charge in [0, 0.05) is 11.4 Å². The normalized spacial score (nSPS) is 10.5. The van der Waals surface area contributed by atoms with Gasteiger partial charge < -0.3 is 5.32 Å². The molecule has 0 aliphatic rings. The van der Waals surface area contributed by atoms with Gasteiger partial charge in [-0.1, -0.05) is 6.07 Å². The van der Waals surface area contributed by atoms with Crippen LogP contribution < -0.4 is 5.32 Å². The molecule has 2 heterocycles. The summed E-state index contributed by atoms with van der Waals surface area (Å²) in [7, 11) is 0. The Hall–Kier alpha value is -0.300. The third kappa shape index (κ3) is 4.76. The van der Waals surface area contributed by atoms with Crippen LogP contribution >= 0.6 is 50.4 Å². The highest BCUT2D eigenvalue weighted by Gasteiger charge is 2.03. The Bertz CT molecular complexity index is 495. The molecule has 18 heavy (non-hydrogen) atoms. The Morgan fingerprint density at radius 2 is 2.28 bits per heavy atom. The van der Waals surface area contributed by atoms with Gasteiger partial charge in [0.05, 0.1) is 13.7 Å². The Kier molecular flexibility index (Phi) is 5.75. The average molecular weight is 362 g/mol. The molecule has 2 aromatic heterocycles. The number of amides is 1. The van der Waals surface area contributed by atoms with Crippen LogP contribution in [0.2, 0.25) is 0 Å². The highest BCUT2D eigenvalue weighted by Crippen LogP contribution is 2.23. The third-order valence-corrected chi connectivity index (χ3v) is 5.98. The lowest BCUT2D eigenvalue weighted by atomic mass is 10.3. The van der Waals surface area contributed by atoms with Crippen LogP contribution in [0.15, 0.2) is 37.6 Å². The van der Waals surface area contributed by atoms with Crippen molar-refractivity contribution in [2.24, 2.45) is 0 Å². The van der Waals surface area contributed by atoms with Gasteiger partial charge in [0.1, 0.15) is 0 Å². The summed E-state index contributed by atoms with van der Waals surface area (Å²) in [6.07, 6.45) is 0.895. The molecule has 1 amide bonds. The van der Waals surface area contributed by atoms with Crippen LogP contribution in [0.3, 0.4) is 0 Å². The van der Waals surface area contributed by atoms with Gasteiger partial charge in [0.2, 0.25) is 5.91 Å². The highest BCUT2D eigenvalue weighted by molar-refractivity contribution is 9.11. The average Bonchev–Trinajstić information content (AvgIpc) is 2.98. The molecule has 2 rings (SSSR count). The zero-order valence-electron chi connectivity index (χ0n) is 9.52. The van der Waals surface area contributed by atoms with Gasteiger partial charge in [-0.25, -0.2) is 0 Å². The second-order valence-electron chi connectivity index (χ2n) is 3.53. The Morgan fingerprint density at radius 3 is 2.94 bits per heavy atom. The van der Waals surface area contributed by atoms with Gasteiger partial charge in [-0.15, -0.1) is 34.4 Å². The number of hydrogen-bond donors (Lipinski definition) is 1. The predicted molar refractivity (Wildman–Crippen MR) is 83.8 cm³/mol. The van der Waals surface area contributed by atoms with Crippen LogP contribution in [0.5, 0.6) is 0 Å². The minimum absolute atomic E-state index is 0.101. The van der Waals surface area contributed by atoms with E-state index in [1.165, 1.54) is 9.09 Å². The SMILES string of the molecule is O=C(CSc1cccs1)NCCc1ccc(Br)s1. The molecule has 96 valence electrons. The summed E-state index contributed by atoms with van der Waals surface area (Å²) in [5, 5.41) is 4.96. The van der Waals surface area contributed by atoms with Gasteiger partial charge in [-0.2, -0.15) is 0 Å². The van der Waals surface area contributed by atoms with Crippen LogP contribution in [-0.4, -0.2) is 18.2 Å². The molecule has 0 bridgehead atoms. The molecule has 0 saturated carbocycles. The highest BCUT2D eigenvalue weighted by atomic mass is 79.9. The quantitative estimate of drug-likeness (QED) is 0.787. The first-order valence-electron chi connectivity index (χ1n) is 5.41. The van der Waals surface area contributed by atoms with Crippen LogP contribution in [0.25, 0.3) is 0 Å². The van der Waals surface area contributed by atoms with Gasteiger partial charge >= 0.3 is 0 Å². The summed E-state index contributed by atoms with van der Waals surface area (Å²) >= 11 is 8.40. The van der Waals surface area contributed by atoms with Crippen molar-refractivity contribution in [1.82, 2.24) is 5.32 Å². The lowest BCUT2D eigenvalue weighted by molar-refractivity contribution is -0.118. The number of hydrogen-bond acceptors (Lipinski definition) is 4. The topological polar surface area (TPSA) is 29.1 Å². The second-order valence-corrected chi connectivity index (χ2v) is 8.30. The Morgan fingerprint density at radius 1 is 1.39 bits per heavy atom. The maximum Gasteiger partial charge on any atom is 0.230 e. The summed E-state index contributed by atoms with van der Waals surface area (Å²) in [5.41, 5.74) is 0. The van der Waals surface area contributed by atoms with Crippen LogP contribution in [-0.2, 0) is 11.2 Å². The zero-order chi connectivity index (χ0) is 12.8. The smallest absolute Gasteiger partial charge is 0.230 e. The lowest BCUT2D eigenvalue weighted by Crippen LogP contribution is -2.27. The molecule has 6 heteroatoms. The molecule has 0 radical (unpaired) electrons. The van der Waals surface area contributed by atoms with Crippen molar-refractivity contribution >= 4 is 56.3 Å². The van der Waals surface area contributed by atoms with Crippen molar-refractivity contribution in [3.63, 3.8) is 0 Å². The summed E-state index contributed by atoms with van der Waals surface area (Å²) in [6.45, 7) is 0.705. The largest absolute Gasteiger partial charge is 0.355 e. The Balaban J connectivity index is 1.63. The van der Waals surface area contributed by atoms with Crippen LogP contribution in [0.1, 0.15) is 4.88 Å². The van der Waals surface area contributed by atoms with E-state index in [9.17, 15) is 4.79 Å². The number of halogens is 1. The van der Waals surface area contributed by atoms with E-state index >= 15 is 0 Å². The molecule has 0 unspecified atom stereocenters. The van der Waals surface area contributed by atoms with E-state index in [1.807, 2.05) is 23.6 Å². The van der Waals surface area contributed by atoms with Gasteiger partial charge in [0.15, 0.2) is 0 Å². The van der Waals surface area contributed by atoms with E-state index in [2.05, 4.69) is 27.3 Å². The molecule has 0 saturated heterocycles. The third-order valence-electron chi connectivity index (χ3n) is 2.16. The maximum absolute atomic E-state index is 11.6. The molecule has 0 fully saturated rings. The van der Waals surface area contributed by atoms with E-state index in [1.54, 1.807) is 34.4 Å². The van der Waals surface area contributed by atoms with Gasteiger partial charge in [-0.3, -0.25) is 4.79 Å². The van der Waals surface area contributed by atoms with Crippen LogP contribution in [0.4, 0.5) is 0 Å². The summed E-state index contributed by atoms with van der Waals surface area (Å²) in [6, 6.07) is 8.15. The number of thiophene rings is 2. The number of thioether (sulfide) groups is 1. The molecule has 0 aromatic carbocycles. The molecule has 1 N–H and O–H groups in total. The van der Waals surface area contributed by atoms with E-state index in [0.29, 0.717) is 12.3 Å². The lowest BCUT2D eigenvalue weighted by Gasteiger charge is -2.03. The molecule has 2 nitrogen and oxygen atoms in total. The molecular weight excluding hydrogens is 350 g/mol. The van der Waals surface area contributed by atoms with E-state index in [4.69, 9.17) is 0 Å². The molecule has 2 aromatic rings. The molecule has 0 spiro atoms. The van der Waals surface area contributed by atoms with Crippen LogP contribution in [0, 0.1) is 0 Å². The first-order valence-corrected chi connectivity index (χ1v) is 8.89. The maximum atomic E-state index is 11.6. The second kappa shape index (κ2) is 7.33. The fourth-order valence-electron chi connectivity index (χ4n) is 1.34. The molecular formula is C12H12BrNOS3.